The van der Waals surface area contributed by atoms with Crippen LogP contribution in [0.3, 0.4) is 0 Å². The number of likely N-dealkylation sites (N-methyl/N-ethyl adjacent to an activating group) is 1. The molecule has 0 aromatic heterocycles. The van der Waals surface area contributed by atoms with Gasteiger partial charge in [0.1, 0.15) is 35.4 Å². The van der Waals surface area contributed by atoms with E-state index in [9.17, 15) is 14.4 Å². The SMILES string of the molecule is CCC1=NC2C(C(=O)N1Cc1cccc(Cl)c1)C(OC(C)C)=C(C(=O)NC1CCCCNC1=O)N2C. The molecule has 1 aromatic rings. The maximum absolute atomic E-state index is 13.9. The third-order valence-corrected chi connectivity index (χ3v) is 6.89. The lowest BCUT2D eigenvalue weighted by Crippen LogP contribution is -2.51. The predicted molar refractivity (Wildman–Crippen MR) is 137 cm³/mol. The molecule has 0 radical (unpaired) electrons. The van der Waals surface area contributed by atoms with E-state index in [1.165, 1.54) is 0 Å². The first-order chi connectivity index (χ1) is 17.2. The fourth-order valence-electron chi connectivity index (χ4n) is 4.96. The number of halogens is 1. The van der Waals surface area contributed by atoms with Crippen molar-refractivity contribution in [2.75, 3.05) is 13.6 Å². The van der Waals surface area contributed by atoms with E-state index < -0.39 is 24.0 Å². The molecule has 10 heteroatoms. The van der Waals surface area contributed by atoms with E-state index in [-0.39, 0.29) is 23.6 Å². The first kappa shape index (κ1) is 26.0. The van der Waals surface area contributed by atoms with Crippen LogP contribution in [0.25, 0.3) is 0 Å². The Hall–Kier alpha value is -3.07. The third kappa shape index (κ3) is 5.21. The summed E-state index contributed by atoms with van der Waals surface area (Å²) in [5, 5.41) is 6.31. The molecular weight excluding hydrogens is 482 g/mol. The van der Waals surface area contributed by atoms with E-state index in [0.717, 1.165) is 18.4 Å². The fourth-order valence-corrected chi connectivity index (χ4v) is 5.17. The fraction of sp³-hybridized carbons (Fsp3) is 0.538. The minimum absolute atomic E-state index is 0.177. The summed E-state index contributed by atoms with van der Waals surface area (Å²) in [7, 11) is 1.74. The number of nitrogens with zero attached hydrogens (tertiary/aromatic N) is 3. The average molecular weight is 516 g/mol. The second kappa shape index (κ2) is 10.9. The van der Waals surface area contributed by atoms with E-state index in [2.05, 4.69) is 10.6 Å². The smallest absolute Gasteiger partial charge is 0.271 e. The van der Waals surface area contributed by atoms with Crippen LogP contribution >= 0.6 is 11.6 Å². The van der Waals surface area contributed by atoms with Crippen LogP contribution in [0.1, 0.15) is 52.0 Å². The molecule has 3 amide bonds. The van der Waals surface area contributed by atoms with Crippen LogP contribution in [0.4, 0.5) is 0 Å². The molecule has 0 saturated carbocycles. The Kier molecular flexibility index (Phi) is 7.88. The van der Waals surface area contributed by atoms with E-state index >= 15 is 0 Å². The van der Waals surface area contributed by atoms with Crippen molar-refractivity contribution in [3.8, 4) is 0 Å². The summed E-state index contributed by atoms with van der Waals surface area (Å²) in [4.78, 5) is 48.2. The van der Waals surface area contributed by atoms with Gasteiger partial charge >= 0.3 is 0 Å². The van der Waals surface area contributed by atoms with Crippen LogP contribution in [0.2, 0.25) is 5.02 Å². The number of amidine groups is 1. The average Bonchev–Trinajstić information content (AvgIpc) is 2.94. The van der Waals surface area contributed by atoms with Crippen LogP contribution in [0.5, 0.6) is 0 Å². The number of carbonyl (C=O) groups excluding carboxylic acids is 3. The maximum atomic E-state index is 13.9. The normalized spacial score (nSPS) is 24.4. The Labute approximate surface area is 216 Å². The molecule has 0 aliphatic carbocycles. The summed E-state index contributed by atoms with van der Waals surface area (Å²) in [6.07, 6.45) is 1.96. The van der Waals surface area contributed by atoms with Crippen molar-refractivity contribution in [2.45, 2.75) is 71.3 Å². The number of nitrogens with one attached hydrogen (secondary N) is 2. The lowest BCUT2D eigenvalue weighted by molar-refractivity contribution is -0.134. The molecule has 3 aliphatic heterocycles. The molecule has 3 unspecified atom stereocenters. The van der Waals surface area contributed by atoms with Gasteiger partial charge in [-0.3, -0.25) is 19.3 Å². The van der Waals surface area contributed by atoms with E-state index in [1.54, 1.807) is 22.9 Å². The highest BCUT2D eigenvalue weighted by molar-refractivity contribution is 6.30. The Morgan fingerprint density at radius 3 is 2.78 bits per heavy atom. The van der Waals surface area contributed by atoms with Gasteiger partial charge in [-0.1, -0.05) is 30.7 Å². The Morgan fingerprint density at radius 2 is 2.08 bits per heavy atom. The zero-order chi connectivity index (χ0) is 26.0. The maximum Gasteiger partial charge on any atom is 0.271 e. The quantitative estimate of drug-likeness (QED) is 0.581. The second-order valence-corrected chi connectivity index (χ2v) is 10.1. The van der Waals surface area contributed by atoms with Crippen molar-refractivity contribution < 1.29 is 19.1 Å². The number of hydrogen-bond acceptors (Lipinski definition) is 6. The number of fused-ring (bicyclic) bond motifs is 1. The Bertz CT molecular complexity index is 1100. The van der Waals surface area contributed by atoms with Crippen molar-refractivity contribution in [1.29, 1.82) is 0 Å². The molecule has 0 bridgehead atoms. The molecule has 1 fully saturated rings. The number of carbonyl (C=O) groups is 3. The van der Waals surface area contributed by atoms with Crippen LogP contribution in [-0.2, 0) is 25.7 Å². The largest absolute Gasteiger partial charge is 0.492 e. The Morgan fingerprint density at radius 1 is 1.31 bits per heavy atom. The standard InChI is InChI=1S/C26H34ClN5O4/c1-5-19-30-23-20(26(35)32(19)14-16-9-8-10-17(27)13-16)22(36-15(2)3)21(31(23)4)25(34)29-18-11-6-7-12-28-24(18)33/h8-10,13,15,18,20,23H,5-7,11-12,14H2,1-4H3,(H,28,33)(H,29,34). The third-order valence-electron chi connectivity index (χ3n) is 6.65. The minimum Gasteiger partial charge on any atom is -0.492 e. The highest BCUT2D eigenvalue weighted by Crippen LogP contribution is 2.40. The van der Waals surface area contributed by atoms with Crippen LogP contribution in [0, 0.1) is 5.92 Å². The number of benzene rings is 1. The highest BCUT2D eigenvalue weighted by Gasteiger charge is 2.52. The molecule has 0 spiro atoms. The second-order valence-electron chi connectivity index (χ2n) is 9.65. The van der Waals surface area contributed by atoms with E-state index in [4.69, 9.17) is 21.3 Å². The van der Waals surface area contributed by atoms with Gasteiger partial charge in [0.2, 0.25) is 11.8 Å². The van der Waals surface area contributed by atoms with Crippen molar-refractivity contribution in [1.82, 2.24) is 20.4 Å². The van der Waals surface area contributed by atoms with Gasteiger partial charge in [-0.15, -0.1) is 0 Å². The van der Waals surface area contributed by atoms with Gasteiger partial charge in [-0.05, 0) is 50.8 Å². The lowest BCUT2D eigenvalue weighted by atomic mass is 10.00. The number of aliphatic imine (C=N–C) groups is 1. The molecule has 4 rings (SSSR count). The Balaban J connectivity index is 1.68. The summed E-state index contributed by atoms with van der Waals surface area (Å²) in [5.41, 5.74) is 1.13. The topological polar surface area (TPSA) is 103 Å². The summed E-state index contributed by atoms with van der Waals surface area (Å²) in [5.74, 6) is -0.640. The van der Waals surface area contributed by atoms with E-state index in [0.29, 0.717) is 42.5 Å². The molecule has 3 heterocycles. The first-order valence-corrected chi connectivity index (χ1v) is 12.9. The molecule has 9 nitrogen and oxygen atoms in total. The molecule has 36 heavy (non-hydrogen) atoms. The number of ether oxygens (including phenoxy) is 1. The summed E-state index contributed by atoms with van der Waals surface area (Å²) >= 11 is 6.17. The van der Waals surface area contributed by atoms with Gasteiger partial charge in [-0.25, -0.2) is 4.99 Å². The van der Waals surface area contributed by atoms with Crippen LogP contribution < -0.4 is 10.6 Å². The van der Waals surface area contributed by atoms with Crippen molar-refractivity contribution >= 4 is 35.2 Å². The summed E-state index contributed by atoms with van der Waals surface area (Å²) in [6.45, 7) is 6.57. The van der Waals surface area contributed by atoms with Crippen LogP contribution in [0.15, 0.2) is 40.7 Å². The van der Waals surface area contributed by atoms with Crippen LogP contribution in [-0.4, -0.2) is 65.3 Å². The minimum atomic E-state index is -0.768. The summed E-state index contributed by atoms with van der Waals surface area (Å²) < 4.78 is 6.12. The van der Waals surface area contributed by atoms with E-state index in [1.807, 2.05) is 39.0 Å². The first-order valence-electron chi connectivity index (χ1n) is 12.6. The van der Waals surface area contributed by atoms with Crippen molar-refractivity contribution in [3.63, 3.8) is 0 Å². The molecule has 1 aromatic carbocycles. The van der Waals surface area contributed by atoms with Crippen molar-refractivity contribution in [2.24, 2.45) is 10.9 Å². The van der Waals surface area contributed by atoms with Gasteiger partial charge in [0.05, 0.1) is 12.6 Å². The number of rotatable bonds is 7. The highest BCUT2D eigenvalue weighted by atomic mass is 35.5. The molecular formula is C26H34ClN5O4. The lowest BCUT2D eigenvalue weighted by Gasteiger charge is -2.36. The van der Waals surface area contributed by atoms with Gasteiger partial charge in [0.15, 0.2) is 0 Å². The predicted octanol–water partition coefficient (Wildman–Crippen LogP) is 2.80. The molecule has 3 atom stereocenters. The zero-order valence-electron chi connectivity index (χ0n) is 21.2. The monoisotopic (exact) mass is 515 g/mol. The van der Waals surface area contributed by atoms with Gasteiger partial charge in [0.25, 0.3) is 5.91 Å². The molecule has 1 saturated heterocycles. The zero-order valence-corrected chi connectivity index (χ0v) is 22.0. The molecule has 194 valence electrons. The van der Waals surface area contributed by atoms with Gasteiger partial charge in [-0.2, -0.15) is 0 Å². The number of amides is 3. The summed E-state index contributed by atoms with van der Waals surface area (Å²) in [6, 6.07) is 6.75. The molecule has 2 N–H and O–H groups in total. The van der Waals surface area contributed by atoms with Gasteiger partial charge in [0, 0.05) is 25.0 Å². The number of hydrogen-bond donors (Lipinski definition) is 2. The molecule has 3 aliphatic rings. The van der Waals surface area contributed by atoms with Gasteiger partial charge < -0.3 is 20.3 Å². The van der Waals surface area contributed by atoms with Crippen molar-refractivity contribution in [3.05, 3.63) is 46.3 Å².